The smallest absolute Gasteiger partial charge is 0.124 e. The summed E-state index contributed by atoms with van der Waals surface area (Å²) in [6, 6.07) is 11.3. The SMILES string of the molecule is C1=C([C@@H]2CCN[C@H](Cc3ccccc3)C2)ONC1. The molecule has 0 spiro atoms. The van der Waals surface area contributed by atoms with Gasteiger partial charge in [-0.25, -0.2) is 0 Å². The Kier molecular flexibility index (Phi) is 3.62. The lowest BCUT2D eigenvalue weighted by molar-refractivity contribution is 0.101. The Morgan fingerprint density at radius 1 is 1.22 bits per heavy atom. The third-order valence-electron chi connectivity index (χ3n) is 3.80. The van der Waals surface area contributed by atoms with Crippen LogP contribution in [0.15, 0.2) is 42.2 Å². The molecule has 18 heavy (non-hydrogen) atoms. The van der Waals surface area contributed by atoms with E-state index >= 15 is 0 Å². The van der Waals surface area contributed by atoms with Gasteiger partial charge in [0.15, 0.2) is 0 Å². The lowest BCUT2D eigenvalue weighted by atomic mass is 9.88. The van der Waals surface area contributed by atoms with Crippen LogP contribution in [0, 0.1) is 5.92 Å². The van der Waals surface area contributed by atoms with Gasteiger partial charge >= 0.3 is 0 Å². The molecule has 3 rings (SSSR count). The van der Waals surface area contributed by atoms with E-state index < -0.39 is 0 Å². The first-order chi connectivity index (χ1) is 8.92. The van der Waals surface area contributed by atoms with Crippen LogP contribution in [-0.4, -0.2) is 19.1 Å². The first-order valence-corrected chi connectivity index (χ1v) is 6.79. The van der Waals surface area contributed by atoms with Crippen molar-refractivity contribution in [3.63, 3.8) is 0 Å². The molecule has 0 radical (unpaired) electrons. The minimum atomic E-state index is 0.566. The Morgan fingerprint density at radius 3 is 2.89 bits per heavy atom. The van der Waals surface area contributed by atoms with Crippen molar-refractivity contribution < 1.29 is 4.84 Å². The Bertz CT molecular complexity index is 416. The molecule has 0 bridgehead atoms. The Balaban J connectivity index is 1.60. The van der Waals surface area contributed by atoms with Gasteiger partial charge < -0.3 is 10.2 Å². The highest BCUT2D eigenvalue weighted by molar-refractivity contribution is 5.16. The van der Waals surface area contributed by atoms with Gasteiger partial charge in [0.25, 0.3) is 0 Å². The Labute approximate surface area is 108 Å². The van der Waals surface area contributed by atoms with E-state index in [0.717, 1.165) is 25.3 Å². The van der Waals surface area contributed by atoms with Gasteiger partial charge in [-0.15, -0.1) is 0 Å². The molecule has 1 fully saturated rings. The molecule has 1 aromatic rings. The van der Waals surface area contributed by atoms with Crippen molar-refractivity contribution in [3.05, 3.63) is 47.7 Å². The predicted molar refractivity (Wildman–Crippen MR) is 71.8 cm³/mol. The second-order valence-electron chi connectivity index (χ2n) is 5.12. The highest BCUT2D eigenvalue weighted by Crippen LogP contribution is 2.27. The van der Waals surface area contributed by atoms with E-state index in [4.69, 9.17) is 4.84 Å². The highest BCUT2D eigenvalue weighted by atomic mass is 16.7. The van der Waals surface area contributed by atoms with E-state index in [1.54, 1.807) is 0 Å². The van der Waals surface area contributed by atoms with Crippen LogP contribution in [0.1, 0.15) is 18.4 Å². The van der Waals surface area contributed by atoms with Crippen molar-refractivity contribution in [3.8, 4) is 0 Å². The van der Waals surface area contributed by atoms with E-state index in [1.807, 2.05) is 0 Å². The number of rotatable bonds is 3. The van der Waals surface area contributed by atoms with Gasteiger partial charge in [0.05, 0.1) is 6.54 Å². The average Bonchev–Trinajstić information content (AvgIpc) is 2.94. The molecule has 96 valence electrons. The fraction of sp³-hybridized carbons (Fsp3) is 0.467. The predicted octanol–water partition coefficient (Wildman–Crippen LogP) is 2.02. The summed E-state index contributed by atoms with van der Waals surface area (Å²) in [5.74, 6) is 1.73. The molecule has 2 N–H and O–H groups in total. The summed E-state index contributed by atoms with van der Waals surface area (Å²) in [7, 11) is 0. The number of piperidine rings is 1. The van der Waals surface area contributed by atoms with E-state index in [-0.39, 0.29) is 0 Å². The first-order valence-electron chi connectivity index (χ1n) is 6.79. The maximum absolute atomic E-state index is 5.47. The van der Waals surface area contributed by atoms with Crippen molar-refractivity contribution >= 4 is 0 Å². The topological polar surface area (TPSA) is 33.3 Å². The maximum Gasteiger partial charge on any atom is 0.124 e. The minimum absolute atomic E-state index is 0.566. The van der Waals surface area contributed by atoms with Gasteiger partial charge in [0.2, 0.25) is 0 Å². The van der Waals surface area contributed by atoms with Crippen molar-refractivity contribution in [1.82, 2.24) is 10.8 Å². The van der Waals surface area contributed by atoms with Gasteiger partial charge in [0, 0.05) is 12.0 Å². The molecule has 2 heterocycles. The van der Waals surface area contributed by atoms with Crippen LogP contribution in [0.5, 0.6) is 0 Å². The standard InChI is InChI=1S/C15H20N2O/c1-2-4-12(5-3-1)10-14-11-13(6-8-16-14)15-7-9-17-18-15/h1-5,7,13-14,16-17H,6,8-11H2/t13-,14-/m1/s1. The third-order valence-corrected chi connectivity index (χ3v) is 3.80. The Morgan fingerprint density at radius 2 is 2.11 bits per heavy atom. The van der Waals surface area contributed by atoms with Gasteiger partial charge in [-0.1, -0.05) is 30.3 Å². The fourth-order valence-corrected chi connectivity index (χ4v) is 2.88. The van der Waals surface area contributed by atoms with E-state index in [1.165, 1.54) is 18.4 Å². The average molecular weight is 244 g/mol. The van der Waals surface area contributed by atoms with E-state index in [9.17, 15) is 0 Å². The molecule has 1 saturated heterocycles. The zero-order valence-corrected chi connectivity index (χ0v) is 10.6. The number of hydrogen-bond acceptors (Lipinski definition) is 3. The molecule has 0 amide bonds. The van der Waals surface area contributed by atoms with Crippen LogP contribution >= 0.6 is 0 Å². The second-order valence-corrected chi connectivity index (χ2v) is 5.12. The third kappa shape index (κ3) is 2.74. The second kappa shape index (κ2) is 5.55. The number of allylic oxidation sites excluding steroid dienone is 1. The molecule has 3 heteroatoms. The summed E-state index contributed by atoms with van der Waals surface area (Å²) < 4.78 is 0. The monoisotopic (exact) mass is 244 g/mol. The number of benzene rings is 1. The van der Waals surface area contributed by atoms with Crippen molar-refractivity contribution in [2.45, 2.75) is 25.3 Å². The van der Waals surface area contributed by atoms with Crippen LogP contribution in [0.4, 0.5) is 0 Å². The lowest BCUT2D eigenvalue weighted by Gasteiger charge is -2.30. The maximum atomic E-state index is 5.47. The number of nitrogens with one attached hydrogen (secondary N) is 2. The van der Waals surface area contributed by atoms with E-state index in [2.05, 4.69) is 47.2 Å². The number of hydroxylamine groups is 1. The zero-order valence-electron chi connectivity index (χ0n) is 10.6. The molecule has 0 aliphatic carbocycles. The Hall–Kier alpha value is -1.32. The summed E-state index contributed by atoms with van der Waals surface area (Å²) in [6.07, 6.45) is 5.63. The largest absolute Gasteiger partial charge is 0.413 e. The molecule has 1 aromatic carbocycles. The fourth-order valence-electron chi connectivity index (χ4n) is 2.88. The van der Waals surface area contributed by atoms with E-state index in [0.29, 0.717) is 12.0 Å². The van der Waals surface area contributed by atoms with Crippen LogP contribution in [0.3, 0.4) is 0 Å². The summed E-state index contributed by atoms with van der Waals surface area (Å²) in [4.78, 5) is 5.47. The van der Waals surface area contributed by atoms with Crippen LogP contribution < -0.4 is 10.8 Å². The van der Waals surface area contributed by atoms with Gasteiger partial charge in [0.1, 0.15) is 5.76 Å². The minimum Gasteiger partial charge on any atom is -0.413 e. The van der Waals surface area contributed by atoms with Gasteiger partial charge in [-0.3, -0.25) is 0 Å². The molecule has 2 aliphatic heterocycles. The summed E-state index contributed by atoms with van der Waals surface area (Å²) in [5, 5.41) is 3.62. The molecular weight excluding hydrogens is 224 g/mol. The summed E-state index contributed by atoms with van der Waals surface area (Å²) >= 11 is 0. The van der Waals surface area contributed by atoms with Gasteiger partial charge in [-0.05, 0) is 37.4 Å². The quantitative estimate of drug-likeness (QED) is 0.853. The molecular formula is C15H20N2O. The first kappa shape index (κ1) is 11.8. The number of hydrogen-bond donors (Lipinski definition) is 2. The molecule has 3 nitrogen and oxygen atoms in total. The summed E-state index contributed by atoms with van der Waals surface area (Å²) in [5.41, 5.74) is 4.33. The highest BCUT2D eigenvalue weighted by Gasteiger charge is 2.26. The van der Waals surface area contributed by atoms with Crippen molar-refractivity contribution in [2.24, 2.45) is 5.92 Å². The molecule has 2 atom stereocenters. The van der Waals surface area contributed by atoms with Gasteiger partial charge in [-0.2, -0.15) is 5.48 Å². The lowest BCUT2D eigenvalue weighted by Crippen LogP contribution is -2.40. The molecule has 0 aromatic heterocycles. The van der Waals surface area contributed by atoms with Crippen LogP contribution in [0.25, 0.3) is 0 Å². The zero-order chi connectivity index (χ0) is 12.2. The summed E-state index contributed by atoms with van der Waals surface area (Å²) in [6.45, 7) is 1.94. The van der Waals surface area contributed by atoms with Crippen molar-refractivity contribution in [2.75, 3.05) is 13.1 Å². The normalized spacial score (nSPS) is 27.7. The molecule has 0 saturated carbocycles. The van der Waals surface area contributed by atoms with Crippen LogP contribution in [-0.2, 0) is 11.3 Å². The van der Waals surface area contributed by atoms with Crippen molar-refractivity contribution in [1.29, 1.82) is 0 Å². The van der Waals surface area contributed by atoms with Crippen LogP contribution in [0.2, 0.25) is 0 Å². The molecule has 2 aliphatic rings. The molecule has 0 unspecified atom stereocenters.